The lowest BCUT2D eigenvalue weighted by atomic mass is 9.91. The Bertz CT molecular complexity index is 1660. The maximum absolute atomic E-state index is 12.9. The van der Waals surface area contributed by atoms with Gasteiger partial charge in [-0.15, -0.1) is 0 Å². The van der Waals surface area contributed by atoms with Crippen LogP contribution in [0.3, 0.4) is 0 Å². The van der Waals surface area contributed by atoms with Gasteiger partial charge < -0.3 is 26.4 Å². The summed E-state index contributed by atoms with van der Waals surface area (Å²) in [5.74, 6) is 0.231. The number of amides is 2. The number of primary amides is 1. The number of rotatable bonds is 9. The highest BCUT2D eigenvalue weighted by atomic mass is 35.5. The Kier molecular flexibility index (Phi) is 11.2. The summed E-state index contributed by atoms with van der Waals surface area (Å²) < 4.78 is 36.8. The lowest BCUT2D eigenvalue weighted by Crippen LogP contribution is -2.52. The van der Waals surface area contributed by atoms with E-state index in [1.165, 1.54) is 43.2 Å². The number of fused-ring (bicyclic) bond motifs is 1. The molecule has 0 radical (unpaired) electrons. The number of alkyl halides is 2. The molecule has 12 nitrogen and oxygen atoms in total. The molecule has 48 heavy (non-hydrogen) atoms. The summed E-state index contributed by atoms with van der Waals surface area (Å²) >= 11 is 5.86. The van der Waals surface area contributed by atoms with Crippen LogP contribution in [-0.4, -0.2) is 82.8 Å². The van der Waals surface area contributed by atoms with Crippen molar-refractivity contribution in [1.82, 2.24) is 19.9 Å². The van der Waals surface area contributed by atoms with E-state index >= 15 is 0 Å². The summed E-state index contributed by atoms with van der Waals surface area (Å²) in [4.78, 5) is 41.8. The number of hydrogen-bond acceptors (Lipinski definition) is 10. The number of halogens is 3. The predicted octanol–water partition coefficient (Wildman–Crippen LogP) is 4.50. The van der Waals surface area contributed by atoms with Crippen molar-refractivity contribution in [2.75, 3.05) is 36.9 Å². The maximum atomic E-state index is 12.9. The minimum atomic E-state index is -2.62. The summed E-state index contributed by atoms with van der Waals surface area (Å²) in [5.41, 5.74) is 12.6. The van der Waals surface area contributed by atoms with Crippen molar-refractivity contribution in [3.63, 3.8) is 0 Å². The zero-order valence-electron chi connectivity index (χ0n) is 26.8. The molecule has 1 aromatic carbocycles. The second-order valence-electron chi connectivity index (χ2n) is 12.2. The number of piperidine rings is 1. The first kappa shape index (κ1) is 35.0. The first-order chi connectivity index (χ1) is 23.0. The van der Waals surface area contributed by atoms with Gasteiger partial charge in [0.15, 0.2) is 6.10 Å². The van der Waals surface area contributed by atoms with Crippen LogP contribution in [0.1, 0.15) is 60.5 Å². The van der Waals surface area contributed by atoms with Gasteiger partial charge in [0.1, 0.15) is 17.4 Å². The van der Waals surface area contributed by atoms with E-state index < -0.39 is 24.9 Å². The molecule has 3 aliphatic heterocycles. The minimum Gasteiger partial charge on any atom is -0.479 e. The molecule has 3 aliphatic rings. The van der Waals surface area contributed by atoms with Gasteiger partial charge in [0, 0.05) is 42.7 Å². The van der Waals surface area contributed by atoms with Gasteiger partial charge in [-0.2, -0.15) is 0 Å². The highest BCUT2D eigenvalue weighted by Gasteiger charge is 2.33. The zero-order valence-corrected chi connectivity index (χ0v) is 27.6. The van der Waals surface area contributed by atoms with E-state index in [1.54, 1.807) is 25.1 Å². The van der Waals surface area contributed by atoms with Crippen LogP contribution in [0.4, 0.5) is 20.3 Å². The number of carbonyl (C=O) groups is 2. The number of ether oxygens (including phenoxy) is 2. The third kappa shape index (κ3) is 7.88. The van der Waals surface area contributed by atoms with Crippen molar-refractivity contribution in [2.45, 2.75) is 64.6 Å². The SMILES string of the molecule is CC1CCCN(C2COC2)C1.CC1Oc2cc(-c3c(C=N)c(N)nc(CCC(F)F)c3C(N)=O)ccc2N(Cc2ncc(Cl)cn2)C1=O. The average molecular weight is 685 g/mol. The van der Waals surface area contributed by atoms with Crippen LogP contribution < -0.4 is 21.1 Å². The van der Waals surface area contributed by atoms with Crippen molar-refractivity contribution < 1.29 is 27.8 Å². The van der Waals surface area contributed by atoms with Gasteiger partial charge in [-0.1, -0.05) is 24.6 Å². The molecule has 0 saturated carbocycles. The molecule has 2 atom stereocenters. The van der Waals surface area contributed by atoms with Gasteiger partial charge in [-0.3, -0.25) is 19.4 Å². The van der Waals surface area contributed by atoms with Crippen molar-refractivity contribution in [2.24, 2.45) is 11.7 Å². The number of hydrogen-bond donors (Lipinski definition) is 3. The number of benzene rings is 1. The molecule has 2 unspecified atom stereocenters. The van der Waals surface area contributed by atoms with Gasteiger partial charge in [0.25, 0.3) is 11.8 Å². The van der Waals surface area contributed by atoms with Crippen molar-refractivity contribution >= 4 is 41.1 Å². The van der Waals surface area contributed by atoms with Crippen LogP contribution in [0, 0.1) is 11.3 Å². The number of likely N-dealkylation sites (tertiary alicyclic amines) is 1. The van der Waals surface area contributed by atoms with E-state index in [0.717, 1.165) is 31.4 Å². The maximum Gasteiger partial charge on any atom is 0.268 e. The highest BCUT2D eigenvalue weighted by molar-refractivity contribution is 6.30. The lowest BCUT2D eigenvalue weighted by molar-refractivity contribution is -0.125. The number of pyridine rings is 1. The van der Waals surface area contributed by atoms with Crippen LogP contribution >= 0.6 is 11.6 Å². The van der Waals surface area contributed by atoms with E-state index in [2.05, 4.69) is 26.8 Å². The monoisotopic (exact) mass is 684 g/mol. The third-order valence-electron chi connectivity index (χ3n) is 8.58. The smallest absolute Gasteiger partial charge is 0.268 e. The Morgan fingerprint density at radius 1 is 1.23 bits per heavy atom. The van der Waals surface area contributed by atoms with Crippen LogP contribution in [-0.2, 0) is 22.5 Å². The number of anilines is 2. The summed E-state index contributed by atoms with van der Waals surface area (Å²) in [6, 6.07) is 5.52. The van der Waals surface area contributed by atoms with Gasteiger partial charge >= 0.3 is 0 Å². The van der Waals surface area contributed by atoms with E-state index in [9.17, 15) is 18.4 Å². The number of nitrogens with zero attached hydrogens (tertiary/aromatic N) is 5. The Morgan fingerprint density at radius 2 is 1.96 bits per heavy atom. The standard InChI is InChI=1S/C24H22ClF2N7O3.C9H17NO/c1-11-24(36)34(10-19-31-8-13(25)9-32-19)16-4-2-12(6-17(16)37-11)20-14(7-28)22(29)33-15(3-5-18(26)27)21(20)23(30)35;1-8-3-2-4-10(5-8)9-6-11-7-9/h2,4,6-9,11,18,28H,3,5,10H2,1H3,(H2,29,33)(H2,30,35);8-9H,2-7H2,1H3. The molecule has 3 aromatic rings. The van der Waals surface area contributed by atoms with Crippen LogP contribution in [0.25, 0.3) is 11.1 Å². The molecule has 0 spiro atoms. The number of nitrogens with two attached hydrogens (primary N) is 2. The van der Waals surface area contributed by atoms with Crippen molar-refractivity contribution in [3.8, 4) is 16.9 Å². The zero-order chi connectivity index (χ0) is 34.5. The summed E-state index contributed by atoms with van der Waals surface area (Å²) in [6.07, 6.45) is 2.30. The number of nitrogens with one attached hydrogen (secondary N) is 1. The Hall–Kier alpha value is -4.27. The molecule has 0 aliphatic carbocycles. The van der Waals surface area contributed by atoms with E-state index in [4.69, 9.17) is 38.0 Å². The Morgan fingerprint density at radius 3 is 2.56 bits per heavy atom. The number of aromatic nitrogens is 3. The molecule has 5 N–H and O–H groups in total. The van der Waals surface area contributed by atoms with Gasteiger partial charge in [0.2, 0.25) is 6.43 Å². The van der Waals surface area contributed by atoms with Gasteiger partial charge in [-0.05, 0) is 56.3 Å². The number of aryl methyl sites for hydroxylation is 1. The fourth-order valence-corrected chi connectivity index (χ4v) is 6.19. The third-order valence-corrected chi connectivity index (χ3v) is 8.78. The summed E-state index contributed by atoms with van der Waals surface area (Å²) in [6.45, 7) is 8.55. The molecule has 2 saturated heterocycles. The molecule has 2 aromatic heterocycles. The van der Waals surface area contributed by atoms with Gasteiger partial charge in [-0.25, -0.2) is 23.7 Å². The second kappa shape index (κ2) is 15.3. The fourth-order valence-electron chi connectivity index (χ4n) is 6.09. The highest BCUT2D eigenvalue weighted by Crippen LogP contribution is 2.41. The van der Waals surface area contributed by atoms with Crippen LogP contribution in [0.15, 0.2) is 30.6 Å². The van der Waals surface area contributed by atoms with E-state index in [-0.39, 0.29) is 47.1 Å². The molecule has 0 bridgehead atoms. The molecular weight excluding hydrogens is 646 g/mol. The fraction of sp³-hybridized carbons (Fsp3) is 0.455. The van der Waals surface area contributed by atoms with Crippen LogP contribution in [0.5, 0.6) is 5.75 Å². The molecule has 2 amide bonds. The van der Waals surface area contributed by atoms with E-state index in [0.29, 0.717) is 27.8 Å². The Balaban J connectivity index is 0.000000343. The van der Waals surface area contributed by atoms with Gasteiger partial charge in [0.05, 0.1) is 47.8 Å². The Labute approximate surface area is 282 Å². The normalized spacial score (nSPS) is 19.5. The summed E-state index contributed by atoms with van der Waals surface area (Å²) in [7, 11) is 0. The van der Waals surface area contributed by atoms with Crippen molar-refractivity contribution in [1.29, 1.82) is 5.41 Å². The molecule has 15 heteroatoms. The topological polar surface area (TPSA) is 174 Å². The predicted molar refractivity (Wildman–Crippen MR) is 178 cm³/mol. The van der Waals surface area contributed by atoms with Crippen molar-refractivity contribution in [3.05, 3.63) is 58.3 Å². The minimum absolute atomic E-state index is 0.00889. The molecule has 2 fully saturated rings. The molecule has 256 valence electrons. The second-order valence-corrected chi connectivity index (χ2v) is 12.6. The molecule has 5 heterocycles. The average Bonchev–Trinajstić information content (AvgIpc) is 3.02. The number of carbonyl (C=O) groups excluding carboxylic acids is 2. The molecule has 6 rings (SSSR count). The summed E-state index contributed by atoms with van der Waals surface area (Å²) in [5, 5.41) is 8.20. The lowest BCUT2D eigenvalue weighted by Gasteiger charge is -2.41. The molecular formula is C33H39ClF2N8O4. The first-order valence-corrected chi connectivity index (χ1v) is 16.2. The number of nitrogen functional groups attached to an aromatic ring is 1. The van der Waals surface area contributed by atoms with Crippen LogP contribution in [0.2, 0.25) is 5.02 Å². The van der Waals surface area contributed by atoms with E-state index in [1.807, 2.05) is 0 Å². The first-order valence-electron chi connectivity index (χ1n) is 15.8. The largest absolute Gasteiger partial charge is 0.479 e. The quantitative estimate of drug-likeness (QED) is 0.274.